The lowest BCUT2D eigenvalue weighted by molar-refractivity contribution is -0.305. The molecule has 2 aliphatic heterocycles. The minimum Gasteiger partial charge on any atom is -0.449 e. The Balaban J connectivity index is 1.92. The number of aliphatic hydroxyl groups is 6. The summed E-state index contributed by atoms with van der Waals surface area (Å²) >= 11 is 0. The summed E-state index contributed by atoms with van der Waals surface area (Å²) in [6.07, 6.45) is -12.8. The zero-order valence-corrected chi connectivity index (χ0v) is 11.8. The van der Waals surface area contributed by atoms with Gasteiger partial charge in [-0.25, -0.2) is 4.79 Å². The molecule has 6 N–H and O–H groups in total. The summed E-state index contributed by atoms with van der Waals surface area (Å²) in [5, 5.41) is 56.8. The fourth-order valence-corrected chi connectivity index (χ4v) is 2.27. The van der Waals surface area contributed by atoms with Crippen LogP contribution in [0.5, 0.6) is 0 Å². The Bertz CT molecular complexity index is 452. The Hall–Kier alpha value is -1.18. The van der Waals surface area contributed by atoms with Crippen molar-refractivity contribution < 1.29 is 54.4 Å². The molecule has 23 heavy (non-hydrogen) atoms. The molecule has 0 aromatic carbocycles. The summed E-state index contributed by atoms with van der Waals surface area (Å²) in [4.78, 5) is 22.5. The second kappa shape index (κ2) is 7.15. The summed E-state index contributed by atoms with van der Waals surface area (Å²) in [5.41, 5.74) is 0. The number of ether oxygens (including phenoxy) is 3. The van der Waals surface area contributed by atoms with Gasteiger partial charge in [-0.2, -0.15) is 0 Å². The third kappa shape index (κ3) is 3.51. The van der Waals surface area contributed by atoms with Crippen molar-refractivity contribution in [3.05, 3.63) is 0 Å². The molecule has 1 unspecified atom stereocenters. The van der Waals surface area contributed by atoms with Gasteiger partial charge >= 0.3 is 5.97 Å². The van der Waals surface area contributed by atoms with Gasteiger partial charge in [-0.05, 0) is 0 Å². The molecule has 11 nitrogen and oxygen atoms in total. The molecule has 0 aliphatic carbocycles. The van der Waals surface area contributed by atoms with Gasteiger partial charge in [0.25, 0.3) is 0 Å². The van der Waals surface area contributed by atoms with Gasteiger partial charge in [-0.3, -0.25) is 4.79 Å². The summed E-state index contributed by atoms with van der Waals surface area (Å²) in [6.45, 7) is -1.29. The smallest absolute Gasteiger partial charge is 0.343 e. The molecule has 0 amide bonds. The van der Waals surface area contributed by atoms with Gasteiger partial charge in [0.15, 0.2) is 12.4 Å². The van der Waals surface area contributed by atoms with E-state index in [0.29, 0.717) is 0 Å². The average Bonchev–Trinajstić information content (AvgIpc) is 2.79. The van der Waals surface area contributed by atoms with E-state index in [1.807, 2.05) is 0 Å². The standard InChI is InChI=1S/C12H18O11/c13-1-4-5(15)6(16)9(19)12(22-4)21-2-3(14)10-7(17)8(18)11(20)23-10/h3-6,8-10,12-16,18-19H,1-2H2/t3-,4+,5-,6-,8?,9+,10+,12-/m0/s1. The van der Waals surface area contributed by atoms with Crippen LogP contribution < -0.4 is 0 Å². The van der Waals surface area contributed by atoms with Gasteiger partial charge in [0, 0.05) is 0 Å². The lowest BCUT2D eigenvalue weighted by Crippen LogP contribution is -2.59. The van der Waals surface area contributed by atoms with Gasteiger partial charge in [-0.15, -0.1) is 0 Å². The van der Waals surface area contributed by atoms with Crippen LogP contribution in [-0.2, 0) is 23.8 Å². The van der Waals surface area contributed by atoms with E-state index >= 15 is 0 Å². The number of hydrogen-bond donors (Lipinski definition) is 6. The topological polar surface area (TPSA) is 183 Å². The van der Waals surface area contributed by atoms with Crippen LogP contribution in [0.25, 0.3) is 0 Å². The molecule has 2 heterocycles. The first-order valence-electron chi connectivity index (χ1n) is 6.80. The fraction of sp³-hybridized carbons (Fsp3) is 0.833. The lowest BCUT2D eigenvalue weighted by atomic mass is 9.99. The van der Waals surface area contributed by atoms with Crippen LogP contribution in [0.2, 0.25) is 0 Å². The average molecular weight is 338 g/mol. The highest BCUT2D eigenvalue weighted by atomic mass is 16.7. The molecule has 11 heteroatoms. The molecule has 2 saturated heterocycles. The second-order valence-electron chi connectivity index (χ2n) is 5.26. The van der Waals surface area contributed by atoms with Crippen molar-refractivity contribution in [1.29, 1.82) is 0 Å². The van der Waals surface area contributed by atoms with Crippen molar-refractivity contribution in [3.63, 3.8) is 0 Å². The maximum Gasteiger partial charge on any atom is 0.343 e. The molecule has 8 atom stereocenters. The van der Waals surface area contributed by atoms with Gasteiger partial charge in [0.05, 0.1) is 13.2 Å². The van der Waals surface area contributed by atoms with Crippen LogP contribution >= 0.6 is 0 Å². The van der Waals surface area contributed by atoms with Crippen LogP contribution in [0.1, 0.15) is 0 Å². The van der Waals surface area contributed by atoms with Crippen LogP contribution in [0.15, 0.2) is 0 Å². The van der Waals surface area contributed by atoms with E-state index in [1.165, 1.54) is 0 Å². The van der Waals surface area contributed by atoms with E-state index in [1.54, 1.807) is 0 Å². The van der Waals surface area contributed by atoms with E-state index in [4.69, 9.17) is 19.7 Å². The first kappa shape index (κ1) is 18.2. The van der Waals surface area contributed by atoms with Gasteiger partial charge in [-0.1, -0.05) is 0 Å². The number of hydrogen-bond acceptors (Lipinski definition) is 11. The third-order valence-corrected chi connectivity index (χ3v) is 3.65. The summed E-state index contributed by atoms with van der Waals surface area (Å²) in [5.74, 6) is -2.22. The van der Waals surface area contributed by atoms with Crippen LogP contribution in [-0.4, -0.2) is 105 Å². The number of carbonyl (C=O) groups excluding carboxylic acids is 2. The number of carbonyl (C=O) groups is 2. The largest absolute Gasteiger partial charge is 0.449 e. The first-order chi connectivity index (χ1) is 10.8. The van der Waals surface area contributed by atoms with Gasteiger partial charge in [0.2, 0.25) is 11.9 Å². The lowest BCUT2D eigenvalue weighted by Gasteiger charge is -2.39. The van der Waals surface area contributed by atoms with E-state index in [0.717, 1.165) is 0 Å². The molecule has 0 bridgehead atoms. The molecule has 0 aromatic heterocycles. The predicted molar refractivity (Wildman–Crippen MR) is 66.6 cm³/mol. The highest BCUT2D eigenvalue weighted by Gasteiger charge is 2.47. The summed E-state index contributed by atoms with van der Waals surface area (Å²) in [7, 11) is 0. The van der Waals surface area contributed by atoms with Crippen molar-refractivity contribution in [2.75, 3.05) is 13.2 Å². The second-order valence-corrected chi connectivity index (χ2v) is 5.26. The molecule has 0 spiro atoms. The van der Waals surface area contributed by atoms with Gasteiger partial charge in [0.1, 0.15) is 30.5 Å². The maximum atomic E-state index is 11.5. The van der Waals surface area contributed by atoms with E-state index in [9.17, 15) is 30.0 Å². The maximum absolute atomic E-state index is 11.5. The van der Waals surface area contributed by atoms with Gasteiger partial charge < -0.3 is 44.8 Å². The molecule has 2 fully saturated rings. The molecular weight excluding hydrogens is 320 g/mol. The van der Waals surface area contributed by atoms with Crippen LogP contribution in [0.4, 0.5) is 0 Å². The Morgan fingerprint density at radius 1 is 1.09 bits per heavy atom. The minimum atomic E-state index is -1.97. The van der Waals surface area contributed by atoms with Crippen LogP contribution in [0, 0.1) is 0 Å². The number of rotatable bonds is 5. The molecule has 132 valence electrons. The quantitative estimate of drug-likeness (QED) is 0.208. The number of aliphatic hydroxyl groups excluding tert-OH is 6. The Morgan fingerprint density at radius 3 is 2.26 bits per heavy atom. The Morgan fingerprint density at radius 2 is 1.74 bits per heavy atom. The summed E-state index contributed by atoms with van der Waals surface area (Å²) in [6, 6.07) is 0. The van der Waals surface area contributed by atoms with Crippen molar-refractivity contribution >= 4 is 11.8 Å². The van der Waals surface area contributed by atoms with Crippen molar-refractivity contribution in [1.82, 2.24) is 0 Å². The minimum absolute atomic E-state index is 0.640. The molecular formula is C12H18O11. The molecule has 0 radical (unpaired) electrons. The Labute approximate surface area is 129 Å². The van der Waals surface area contributed by atoms with Crippen LogP contribution in [0.3, 0.4) is 0 Å². The first-order valence-corrected chi connectivity index (χ1v) is 6.80. The number of esters is 1. The predicted octanol–water partition coefficient (Wildman–Crippen LogP) is -4.98. The normalized spacial score (nSPS) is 42.6. The zero-order valence-electron chi connectivity index (χ0n) is 11.8. The zero-order chi connectivity index (χ0) is 17.3. The molecule has 0 saturated carbocycles. The SMILES string of the molecule is O=C1O[C@H]([C@@H](O)CO[C@H]2O[C@H](CO)[C@H](O)[C@H](O)[C@H]2O)C(=O)C1O. The number of cyclic esters (lactones) is 1. The fourth-order valence-electron chi connectivity index (χ4n) is 2.27. The summed E-state index contributed by atoms with van der Waals surface area (Å²) < 4.78 is 14.5. The van der Waals surface area contributed by atoms with E-state index < -0.39 is 74.0 Å². The van der Waals surface area contributed by atoms with E-state index in [2.05, 4.69) is 4.74 Å². The van der Waals surface area contributed by atoms with E-state index in [-0.39, 0.29) is 0 Å². The monoisotopic (exact) mass is 338 g/mol. The highest BCUT2D eigenvalue weighted by Crippen LogP contribution is 2.23. The Kier molecular flexibility index (Phi) is 5.65. The highest BCUT2D eigenvalue weighted by molar-refractivity contribution is 6.09. The van der Waals surface area contributed by atoms with Crippen molar-refractivity contribution in [3.8, 4) is 0 Å². The molecule has 0 aromatic rings. The molecule has 2 rings (SSSR count). The number of ketones is 1. The third-order valence-electron chi connectivity index (χ3n) is 3.65. The van der Waals surface area contributed by atoms with Crippen molar-refractivity contribution in [2.45, 2.75) is 49.0 Å². The van der Waals surface area contributed by atoms with Crippen molar-refractivity contribution in [2.24, 2.45) is 0 Å². The molecule has 2 aliphatic rings. The number of Topliss-reactive ketones (excluding diaryl/α,β-unsaturated/α-hetero) is 1.